The number of rotatable bonds is 11. The molecule has 6 N–H and O–H groups in total. The van der Waals surface area contributed by atoms with Gasteiger partial charge in [0.2, 0.25) is 0 Å². The molecule has 0 heterocycles. The Morgan fingerprint density at radius 2 is 1.32 bits per heavy atom. The van der Waals surface area contributed by atoms with E-state index < -0.39 is 84.4 Å². The third-order valence-corrected chi connectivity index (χ3v) is 9.40. The molecule has 41 heavy (non-hydrogen) atoms. The zero-order valence-corrected chi connectivity index (χ0v) is 24.4. The summed E-state index contributed by atoms with van der Waals surface area (Å²) in [6, 6.07) is 6.46. The van der Waals surface area contributed by atoms with Gasteiger partial charge in [0, 0.05) is 35.5 Å². The Morgan fingerprint density at radius 1 is 0.707 bits per heavy atom. The molecule has 21 heteroatoms. The molecular formula is C20H21CuN3O13S4. The summed E-state index contributed by atoms with van der Waals surface area (Å²) in [4.78, 5) is -2.06. The normalized spacial score (nSPS) is 13.0. The van der Waals surface area contributed by atoms with Gasteiger partial charge in [0.1, 0.15) is 22.0 Å². The summed E-state index contributed by atoms with van der Waals surface area (Å²) in [5.74, 6) is -2.82. The van der Waals surface area contributed by atoms with Crippen LogP contribution in [0.15, 0.2) is 67.4 Å². The number of hydrogen-bond donors (Lipinski definition) is 6. The smallest absolute Gasteiger partial charge is 0.298 e. The molecule has 0 saturated heterocycles. The quantitative estimate of drug-likeness (QED) is 0.0713. The van der Waals surface area contributed by atoms with Crippen molar-refractivity contribution in [2.45, 2.75) is 14.7 Å². The second-order valence-electron chi connectivity index (χ2n) is 8.11. The number of benzene rings is 3. The summed E-state index contributed by atoms with van der Waals surface area (Å²) < 4.78 is 121. The first-order valence-electron chi connectivity index (χ1n) is 10.7. The number of phenolic OH excluding ortho intramolecular Hbond substituents is 2. The average Bonchev–Trinajstić information content (AvgIpc) is 2.81. The molecule has 0 atom stereocenters. The zero-order chi connectivity index (χ0) is 30.1. The Hall–Kier alpha value is -2.72. The van der Waals surface area contributed by atoms with Gasteiger partial charge >= 0.3 is 0 Å². The maximum absolute atomic E-state index is 12.7. The Balaban J connectivity index is 0.00000588. The molecule has 0 amide bonds. The maximum Gasteiger partial charge on any atom is 0.298 e. The molecule has 3 aromatic carbocycles. The predicted molar refractivity (Wildman–Crippen MR) is 139 cm³/mol. The van der Waals surface area contributed by atoms with Crippen LogP contribution in [0.25, 0.3) is 10.8 Å². The summed E-state index contributed by atoms with van der Waals surface area (Å²) in [6.07, 6.45) is 0. The maximum atomic E-state index is 12.7. The molecule has 0 aromatic heterocycles. The number of nitrogens with zero attached hydrogens (tertiary/aromatic N) is 2. The van der Waals surface area contributed by atoms with Gasteiger partial charge in [-0.3, -0.25) is 13.7 Å². The monoisotopic (exact) mass is 702 g/mol. The molecule has 1 radical (unpaired) electrons. The summed E-state index contributed by atoms with van der Waals surface area (Å²) in [5, 5.41) is 30.3. The van der Waals surface area contributed by atoms with E-state index in [9.17, 15) is 53.0 Å². The molecule has 0 aliphatic carbocycles. The van der Waals surface area contributed by atoms with E-state index in [4.69, 9.17) is 4.55 Å². The number of sulfone groups is 1. The van der Waals surface area contributed by atoms with Gasteiger partial charge in [-0.2, -0.15) is 25.3 Å². The van der Waals surface area contributed by atoms with Crippen LogP contribution >= 0.6 is 0 Å². The number of azo groups is 1. The molecule has 0 saturated carbocycles. The first kappa shape index (κ1) is 34.5. The summed E-state index contributed by atoms with van der Waals surface area (Å²) in [7, 11) is -18.1. The molecule has 0 spiro atoms. The fourth-order valence-electron chi connectivity index (χ4n) is 3.32. The van der Waals surface area contributed by atoms with Gasteiger partial charge in [-0.15, -0.1) is 10.2 Å². The van der Waals surface area contributed by atoms with E-state index in [0.717, 1.165) is 42.5 Å². The van der Waals surface area contributed by atoms with Crippen molar-refractivity contribution in [3.05, 3.63) is 42.5 Å². The van der Waals surface area contributed by atoms with Crippen LogP contribution in [0.2, 0.25) is 0 Å². The van der Waals surface area contributed by atoms with Crippen LogP contribution in [-0.4, -0.2) is 82.1 Å². The first-order valence-corrected chi connectivity index (χ1v) is 16.8. The Bertz CT molecular complexity index is 1950. The summed E-state index contributed by atoms with van der Waals surface area (Å²) in [5.41, 5.74) is -1.05. The second kappa shape index (κ2) is 12.7. The number of aromatic hydroxyl groups is 2. The van der Waals surface area contributed by atoms with E-state index in [1.54, 1.807) is 0 Å². The van der Waals surface area contributed by atoms with Gasteiger partial charge in [-0.1, -0.05) is 6.07 Å². The van der Waals surface area contributed by atoms with E-state index in [0.29, 0.717) is 0 Å². The molecule has 0 aliphatic rings. The molecule has 16 nitrogen and oxygen atoms in total. The fraction of sp³-hybridized carbons (Fsp3) is 0.200. The van der Waals surface area contributed by atoms with Crippen LogP contribution in [0.5, 0.6) is 11.5 Å². The van der Waals surface area contributed by atoms with Crippen molar-refractivity contribution in [3.8, 4) is 11.5 Å². The molecule has 3 rings (SSSR count). The minimum Gasteiger partial charge on any atom is -0.506 e. The molecular weight excluding hydrogens is 682 g/mol. The van der Waals surface area contributed by atoms with Crippen molar-refractivity contribution in [2.24, 2.45) is 10.2 Å². The first-order chi connectivity index (χ1) is 18.3. The van der Waals surface area contributed by atoms with Gasteiger partial charge in [0.25, 0.3) is 30.4 Å². The van der Waals surface area contributed by atoms with Crippen molar-refractivity contribution < 1.29 is 74.6 Å². The van der Waals surface area contributed by atoms with Crippen molar-refractivity contribution in [3.63, 3.8) is 0 Å². The molecule has 0 unspecified atom stereocenters. The largest absolute Gasteiger partial charge is 0.506 e. The number of fused-ring (bicyclic) bond motifs is 1. The van der Waals surface area contributed by atoms with E-state index in [1.807, 2.05) is 0 Å². The van der Waals surface area contributed by atoms with Crippen LogP contribution in [0.4, 0.5) is 11.4 Å². The minimum atomic E-state index is -5.08. The van der Waals surface area contributed by atoms with Gasteiger partial charge < -0.3 is 15.5 Å². The molecule has 3 aromatic rings. The van der Waals surface area contributed by atoms with E-state index in [1.165, 1.54) is 0 Å². The Morgan fingerprint density at radius 3 is 1.90 bits per heavy atom. The van der Waals surface area contributed by atoms with Gasteiger partial charge in [-0.25, -0.2) is 8.42 Å². The number of phenols is 2. The SMILES string of the molecule is O=S(=O)(O)CCNCCS(=O)(=O)c1ccc(O)c(N=Nc2c(O)c(S(=O)(=O)O)cc3cc(S(=O)(=O)O)ccc23)c1.[Cu]. The topological polar surface area (TPSA) is 274 Å². The Labute approximate surface area is 244 Å². The average molecular weight is 703 g/mol. The molecule has 0 fully saturated rings. The fourth-order valence-corrected chi connectivity index (χ4v) is 6.07. The van der Waals surface area contributed by atoms with Crippen molar-refractivity contribution in [1.82, 2.24) is 5.32 Å². The minimum absolute atomic E-state index is 0. The standard InChI is InChI=1S/C20H21N3O13S4.Cu/c24-17-4-2-13(37(26,27)7-5-21-6-8-38(28,29)30)11-16(17)22-23-19-15-3-1-14(39(31,32)33)9-12(15)10-18(20(19)25)40(34,35)36;/h1-4,9-11,21,24-25H,5-8H2,(H,28,29,30)(H,31,32,33)(H,34,35,36);. The third-order valence-electron chi connectivity index (χ3n) is 5.25. The third kappa shape index (κ3) is 8.88. The van der Waals surface area contributed by atoms with Gasteiger partial charge in [0.05, 0.1) is 21.3 Å². The van der Waals surface area contributed by atoms with Gasteiger partial charge in [0.15, 0.2) is 15.6 Å². The molecule has 0 aliphatic heterocycles. The van der Waals surface area contributed by atoms with Crippen LogP contribution < -0.4 is 5.32 Å². The van der Waals surface area contributed by atoms with Crippen molar-refractivity contribution in [1.29, 1.82) is 0 Å². The van der Waals surface area contributed by atoms with Crippen LogP contribution in [0, 0.1) is 0 Å². The predicted octanol–water partition coefficient (Wildman–Crippen LogP) is 1.41. The van der Waals surface area contributed by atoms with Crippen LogP contribution in [-0.2, 0) is 57.3 Å². The van der Waals surface area contributed by atoms with Gasteiger partial charge in [-0.05, 0) is 41.8 Å². The summed E-state index contributed by atoms with van der Waals surface area (Å²) in [6.45, 7) is -0.404. The van der Waals surface area contributed by atoms with Crippen molar-refractivity contribution in [2.75, 3.05) is 24.6 Å². The molecule has 0 bridgehead atoms. The van der Waals surface area contributed by atoms with Crippen molar-refractivity contribution >= 4 is 62.3 Å². The van der Waals surface area contributed by atoms with Crippen LogP contribution in [0.3, 0.4) is 0 Å². The van der Waals surface area contributed by atoms with E-state index >= 15 is 0 Å². The summed E-state index contributed by atoms with van der Waals surface area (Å²) >= 11 is 0. The zero-order valence-electron chi connectivity index (χ0n) is 20.2. The van der Waals surface area contributed by atoms with E-state index in [-0.39, 0.29) is 45.8 Å². The second-order valence-corrected chi connectivity index (χ2v) is 14.6. The van der Waals surface area contributed by atoms with E-state index in [2.05, 4.69) is 15.5 Å². The molecule has 229 valence electrons. The van der Waals surface area contributed by atoms with Crippen LogP contribution in [0.1, 0.15) is 0 Å². The Kier molecular flexibility index (Phi) is 10.6. The number of hydrogen-bond acceptors (Lipinski definition) is 13. The number of nitrogens with one attached hydrogen (secondary N) is 1.